The van der Waals surface area contributed by atoms with E-state index in [1.54, 1.807) is 10.6 Å². The molecule has 8 nitrogen and oxygen atoms in total. The molecule has 3 rings (SSSR count). The molecule has 2 aliphatic rings. The molecule has 3 atom stereocenters. The Morgan fingerprint density at radius 2 is 1.67 bits per heavy atom. The van der Waals surface area contributed by atoms with Crippen molar-refractivity contribution in [3.8, 4) is 11.3 Å². The van der Waals surface area contributed by atoms with Gasteiger partial charge in [0.1, 0.15) is 18.3 Å². The molecule has 0 fully saturated rings. The van der Waals surface area contributed by atoms with Crippen LogP contribution in [0.2, 0.25) is 0 Å². The average Bonchev–Trinajstić information content (AvgIpc) is 2.62. The lowest BCUT2D eigenvalue weighted by atomic mass is 10.0. The first-order chi connectivity index (χ1) is 12.7. The first-order valence-corrected chi connectivity index (χ1v) is 8.56. The zero-order valence-electron chi connectivity index (χ0n) is 15.0. The molecule has 0 aromatic heterocycles. The summed E-state index contributed by atoms with van der Waals surface area (Å²) in [4.78, 5) is 26.3. The van der Waals surface area contributed by atoms with E-state index in [1.165, 1.54) is 6.07 Å². The zero-order valence-corrected chi connectivity index (χ0v) is 15.0. The number of pyridine rings is 2. The predicted octanol–water partition coefficient (Wildman–Crippen LogP) is -0.514. The number of benzene rings is 1. The third-order valence-corrected chi connectivity index (χ3v) is 4.89. The Morgan fingerprint density at radius 3 is 2.33 bits per heavy atom. The molecule has 144 valence electrons. The molecule has 0 saturated carbocycles. The lowest BCUT2D eigenvalue weighted by molar-refractivity contribution is -0.0802. The predicted molar refractivity (Wildman–Crippen MR) is 100 cm³/mol. The van der Waals surface area contributed by atoms with Gasteiger partial charge in [0.25, 0.3) is 11.1 Å². The van der Waals surface area contributed by atoms with Gasteiger partial charge in [0.05, 0.1) is 24.4 Å². The first-order valence-electron chi connectivity index (χ1n) is 8.56. The summed E-state index contributed by atoms with van der Waals surface area (Å²) in [6, 6.07) is 6.71. The number of rotatable bonds is 5. The number of nitrogens with zero attached hydrogens (tertiary/aromatic N) is 1. The number of aromatic nitrogens is 2. The number of hydrogen-bond acceptors (Lipinski definition) is 6. The molecule has 0 amide bonds. The number of H-pyrrole nitrogens is 1. The summed E-state index contributed by atoms with van der Waals surface area (Å²) in [5.41, 5.74) is 2.13. The maximum absolute atomic E-state index is 12.3. The van der Waals surface area contributed by atoms with E-state index in [0.717, 1.165) is 16.5 Å². The van der Waals surface area contributed by atoms with E-state index < -0.39 is 36.0 Å². The Balaban J connectivity index is 2.28. The van der Waals surface area contributed by atoms with Crippen LogP contribution in [0.3, 0.4) is 0 Å². The summed E-state index contributed by atoms with van der Waals surface area (Å²) < 4.78 is 1.58. The Hall–Kier alpha value is -2.52. The maximum atomic E-state index is 12.3. The summed E-state index contributed by atoms with van der Waals surface area (Å²) in [5.74, 6) is 0. The fourth-order valence-corrected chi connectivity index (χ4v) is 3.21. The minimum atomic E-state index is -1.59. The zero-order chi connectivity index (χ0) is 19.9. The number of nitrogens with one attached hydrogen (secondary N) is 1. The fourth-order valence-electron chi connectivity index (χ4n) is 3.21. The molecule has 8 heteroatoms. The normalized spacial score (nSPS) is 15.2. The van der Waals surface area contributed by atoms with Gasteiger partial charge in [0, 0.05) is 11.6 Å². The lowest BCUT2D eigenvalue weighted by Gasteiger charge is -2.26. The van der Waals surface area contributed by atoms with E-state index >= 15 is 0 Å². The van der Waals surface area contributed by atoms with Gasteiger partial charge in [-0.3, -0.25) is 14.6 Å². The van der Waals surface area contributed by atoms with Gasteiger partial charge in [0.15, 0.2) is 0 Å². The van der Waals surface area contributed by atoms with Crippen LogP contribution in [0.25, 0.3) is 22.2 Å². The van der Waals surface area contributed by atoms with Crippen LogP contribution in [0.15, 0.2) is 33.9 Å². The van der Waals surface area contributed by atoms with Gasteiger partial charge in [-0.2, -0.15) is 0 Å². The highest BCUT2D eigenvalue weighted by molar-refractivity contribution is 5.87. The van der Waals surface area contributed by atoms with Gasteiger partial charge >= 0.3 is 0 Å². The molecule has 2 heterocycles. The molecule has 1 aromatic rings. The molecule has 5 N–H and O–H groups in total. The Morgan fingerprint density at radius 1 is 1.00 bits per heavy atom. The van der Waals surface area contributed by atoms with Gasteiger partial charge in [-0.05, 0) is 48.6 Å². The molecular formula is C19H22N2O6. The Bertz CT molecular complexity index is 1070. The van der Waals surface area contributed by atoms with Crippen LogP contribution >= 0.6 is 0 Å². The van der Waals surface area contributed by atoms with E-state index in [0.29, 0.717) is 11.2 Å². The van der Waals surface area contributed by atoms with Crippen LogP contribution in [-0.2, 0) is 6.54 Å². The molecule has 0 aliphatic carbocycles. The smallest absolute Gasteiger partial charge is 0.260 e. The maximum Gasteiger partial charge on any atom is 0.260 e. The second kappa shape index (κ2) is 7.24. The molecule has 27 heavy (non-hydrogen) atoms. The van der Waals surface area contributed by atoms with Crippen molar-refractivity contribution in [3.05, 3.63) is 56.1 Å². The molecule has 0 spiro atoms. The number of aryl methyl sites for hydroxylation is 2. The summed E-state index contributed by atoms with van der Waals surface area (Å²) in [7, 11) is 0. The van der Waals surface area contributed by atoms with Crippen molar-refractivity contribution in [3.63, 3.8) is 0 Å². The van der Waals surface area contributed by atoms with E-state index in [-0.39, 0.29) is 12.1 Å². The van der Waals surface area contributed by atoms with E-state index in [1.807, 2.05) is 26.0 Å². The van der Waals surface area contributed by atoms with Crippen LogP contribution in [-0.4, -0.2) is 54.9 Å². The van der Waals surface area contributed by atoms with Gasteiger partial charge in [0.2, 0.25) is 0 Å². The molecule has 0 saturated heterocycles. The summed E-state index contributed by atoms with van der Waals surface area (Å²) in [6.45, 7) is 2.96. The van der Waals surface area contributed by atoms with Crippen molar-refractivity contribution in [2.75, 3.05) is 6.61 Å². The van der Waals surface area contributed by atoms with Crippen LogP contribution in [0.4, 0.5) is 0 Å². The van der Waals surface area contributed by atoms with Gasteiger partial charge in [-0.1, -0.05) is 0 Å². The second-order valence-electron chi connectivity index (χ2n) is 6.82. The Kier molecular flexibility index (Phi) is 5.16. The van der Waals surface area contributed by atoms with E-state index in [2.05, 4.69) is 4.98 Å². The second-order valence-corrected chi connectivity index (χ2v) is 6.82. The fraction of sp³-hybridized carbons (Fsp3) is 0.368. The van der Waals surface area contributed by atoms with Crippen LogP contribution in [0.5, 0.6) is 0 Å². The number of aromatic amines is 1. The minimum absolute atomic E-state index is 0.183. The van der Waals surface area contributed by atoms with Crippen molar-refractivity contribution in [2.24, 2.45) is 0 Å². The van der Waals surface area contributed by atoms with Crippen molar-refractivity contribution in [2.45, 2.75) is 38.7 Å². The molecule has 0 bridgehead atoms. The highest BCUT2D eigenvalue weighted by Gasteiger charge is 2.26. The third kappa shape index (κ3) is 3.52. The van der Waals surface area contributed by atoms with E-state index in [4.69, 9.17) is 5.11 Å². The van der Waals surface area contributed by atoms with Crippen molar-refractivity contribution in [1.82, 2.24) is 9.55 Å². The highest BCUT2D eigenvalue weighted by Crippen LogP contribution is 2.28. The molecular weight excluding hydrogens is 352 g/mol. The van der Waals surface area contributed by atoms with Gasteiger partial charge in [-0.15, -0.1) is 0 Å². The van der Waals surface area contributed by atoms with Crippen LogP contribution < -0.4 is 11.1 Å². The largest absolute Gasteiger partial charge is 0.394 e. The van der Waals surface area contributed by atoms with Crippen LogP contribution in [0.1, 0.15) is 11.1 Å². The topological polar surface area (TPSA) is 136 Å². The SMILES string of the molecule is Cc1cc2cc3c(=O)[nH]c(=O)cc-3n(C[C@@H](O)[C@@H](O)[C@H](O)CO)c2cc1C. The minimum Gasteiger partial charge on any atom is -0.394 e. The number of aliphatic hydroxyl groups excluding tert-OH is 4. The lowest BCUT2D eigenvalue weighted by Crippen LogP contribution is -2.42. The molecule has 0 unspecified atom stereocenters. The molecule has 2 aliphatic heterocycles. The standard InChI is InChI=1S/C19H22N2O6/c1-9-3-11-5-12-14(6-17(25)20-19(12)27)21(13(11)4-10(9)2)7-15(23)18(26)16(24)8-22/h3-6,15-16,18,22-24,26H,7-8H2,1-2H3,(H,20,25,27)/t15-,16-,18-/m1/s1. The van der Waals surface area contributed by atoms with Gasteiger partial charge < -0.3 is 25.0 Å². The molecule has 1 aromatic carbocycles. The summed E-state index contributed by atoms with van der Waals surface area (Å²) >= 11 is 0. The highest BCUT2D eigenvalue weighted by atomic mass is 16.4. The monoisotopic (exact) mass is 374 g/mol. The number of aliphatic hydroxyl groups is 4. The van der Waals surface area contributed by atoms with Crippen molar-refractivity contribution < 1.29 is 20.4 Å². The summed E-state index contributed by atoms with van der Waals surface area (Å²) in [5, 5.41) is 39.7. The van der Waals surface area contributed by atoms with Crippen molar-refractivity contribution in [1.29, 1.82) is 0 Å². The number of hydrogen-bond donors (Lipinski definition) is 5. The molecule has 0 radical (unpaired) electrons. The summed E-state index contributed by atoms with van der Waals surface area (Å²) in [6.07, 6.45) is -4.53. The quantitative estimate of drug-likeness (QED) is 0.382. The third-order valence-electron chi connectivity index (χ3n) is 4.89. The van der Waals surface area contributed by atoms with Crippen LogP contribution in [0, 0.1) is 13.8 Å². The van der Waals surface area contributed by atoms with E-state index in [9.17, 15) is 24.9 Å². The van der Waals surface area contributed by atoms with Gasteiger partial charge in [-0.25, -0.2) is 0 Å². The van der Waals surface area contributed by atoms with Crippen molar-refractivity contribution >= 4 is 10.9 Å². The first kappa shape index (κ1) is 19.2. The Labute approximate surface area is 154 Å². The average molecular weight is 374 g/mol. The number of fused-ring (bicyclic) bond motifs is 2.